The molecule has 0 spiro atoms. The number of hydrogen-bond acceptors (Lipinski definition) is 1. The average Bonchev–Trinajstić information content (AvgIpc) is 2.86. The first-order valence-electron chi connectivity index (χ1n) is 8.21. The van der Waals surface area contributed by atoms with Crippen molar-refractivity contribution in [2.75, 3.05) is 6.61 Å². The van der Waals surface area contributed by atoms with E-state index in [1.165, 1.54) is 33.1 Å². The van der Waals surface area contributed by atoms with Crippen molar-refractivity contribution in [1.82, 2.24) is 0 Å². The molecule has 0 saturated carbocycles. The van der Waals surface area contributed by atoms with Crippen molar-refractivity contribution >= 4 is 16.3 Å². The Kier molecular flexibility index (Phi) is 12.8. The molecular formula is C22H27Cl2OTi. The van der Waals surface area contributed by atoms with Gasteiger partial charge < -0.3 is 29.9 Å². The average molecular weight is 426 g/mol. The van der Waals surface area contributed by atoms with E-state index >= 15 is 0 Å². The molecule has 1 aliphatic rings. The van der Waals surface area contributed by atoms with Crippen molar-refractivity contribution in [3.8, 4) is 0 Å². The van der Waals surface area contributed by atoms with Crippen molar-refractivity contribution in [1.29, 1.82) is 0 Å². The minimum absolute atomic E-state index is 0. The third-order valence-electron chi connectivity index (χ3n) is 4.12. The maximum Gasteiger partial charge on any atom is 3.00 e. The zero-order valence-electron chi connectivity index (χ0n) is 16.2. The van der Waals surface area contributed by atoms with Crippen LogP contribution >= 0.6 is 0 Å². The molecule has 1 N–H and O–H groups in total. The molecular weight excluding hydrogens is 399 g/mol. The Morgan fingerprint density at radius 1 is 1.00 bits per heavy atom. The van der Waals surface area contributed by atoms with E-state index in [4.69, 9.17) is 5.11 Å². The molecule has 0 aromatic heterocycles. The molecule has 0 fully saturated rings. The van der Waals surface area contributed by atoms with Crippen LogP contribution in [0.25, 0.3) is 16.3 Å². The SMILES string of the molecule is CC(C)(C)CO.CC1=CCC(c2[c-]c3ccccc3cc2)=C1C.[Cl-].[Cl-].[Ti+3]. The van der Waals surface area contributed by atoms with Gasteiger partial charge in [-0.05, 0) is 25.7 Å². The van der Waals surface area contributed by atoms with Crippen LogP contribution in [0.3, 0.4) is 0 Å². The third kappa shape index (κ3) is 7.58. The van der Waals surface area contributed by atoms with Gasteiger partial charge in [0.2, 0.25) is 0 Å². The molecule has 0 bridgehead atoms. The van der Waals surface area contributed by atoms with E-state index in [-0.39, 0.29) is 58.6 Å². The molecule has 4 heteroatoms. The van der Waals surface area contributed by atoms with E-state index in [0.29, 0.717) is 0 Å². The van der Waals surface area contributed by atoms with Crippen LogP contribution in [0.5, 0.6) is 0 Å². The van der Waals surface area contributed by atoms with Crippen molar-refractivity contribution < 1.29 is 51.6 Å². The fraction of sp³-hybridized carbons (Fsp3) is 0.364. The number of fused-ring (bicyclic) bond motifs is 1. The number of aliphatic hydroxyl groups is 1. The Morgan fingerprint density at radius 2 is 1.58 bits per heavy atom. The smallest absolute Gasteiger partial charge is 1.00 e. The molecule has 139 valence electrons. The number of halogens is 2. The molecule has 0 atom stereocenters. The summed E-state index contributed by atoms with van der Waals surface area (Å²) >= 11 is 0. The second kappa shape index (κ2) is 12.0. The van der Waals surface area contributed by atoms with Crippen LogP contribution in [0.4, 0.5) is 0 Å². The zero-order valence-corrected chi connectivity index (χ0v) is 19.2. The molecule has 1 nitrogen and oxygen atoms in total. The van der Waals surface area contributed by atoms with Crippen LogP contribution in [0, 0.1) is 11.5 Å². The number of rotatable bonds is 1. The van der Waals surface area contributed by atoms with E-state index in [1.807, 2.05) is 20.8 Å². The minimum Gasteiger partial charge on any atom is -1.00 e. The molecule has 0 aliphatic heterocycles. The second-order valence-electron chi connectivity index (χ2n) is 7.37. The van der Waals surface area contributed by atoms with Gasteiger partial charge in [0.15, 0.2) is 0 Å². The van der Waals surface area contributed by atoms with Gasteiger partial charge in [0.1, 0.15) is 0 Å². The Morgan fingerprint density at radius 3 is 2.08 bits per heavy atom. The Balaban J connectivity index is 0. The van der Waals surface area contributed by atoms with Crippen LogP contribution in [0.15, 0.2) is 53.6 Å². The Bertz CT molecular complexity index is 758. The van der Waals surface area contributed by atoms with Gasteiger partial charge in [-0.25, -0.2) is 0 Å². The quantitative estimate of drug-likeness (QED) is 0.495. The van der Waals surface area contributed by atoms with E-state index in [1.54, 1.807) is 0 Å². The summed E-state index contributed by atoms with van der Waals surface area (Å²) < 4.78 is 0. The number of hydrogen-bond donors (Lipinski definition) is 1. The number of benzene rings is 2. The summed E-state index contributed by atoms with van der Waals surface area (Å²) in [6.07, 6.45) is 3.35. The van der Waals surface area contributed by atoms with Gasteiger partial charge in [-0.1, -0.05) is 67.2 Å². The van der Waals surface area contributed by atoms with Gasteiger partial charge in [-0.15, -0.1) is 35.2 Å². The van der Waals surface area contributed by atoms with Gasteiger partial charge in [-0.2, -0.15) is 0 Å². The van der Waals surface area contributed by atoms with Gasteiger partial charge in [0, 0.05) is 6.61 Å². The third-order valence-corrected chi connectivity index (χ3v) is 4.12. The molecule has 2 aromatic carbocycles. The normalized spacial score (nSPS) is 12.9. The van der Waals surface area contributed by atoms with Gasteiger partial charge >= 0.3 is 21.7 Å². The van der Waals surface area contributed by atoms with Crippen LogP contribution in [0.2, 0.25) is 0 Å². The molecule has 0 amide bonds. The summed E-state index contributed by atoms with van der Waals surface area (Å²) in [4.78, 5) is 0. The summed E-state index contributed by atoms with van der Waals surface area (Å²) in [5, 5.41) is 10.9. The zero-order chi connectivity index (χ0) is 17.0. The molecule has 26 heavy (non-hydrogen) atoms. The van der Waals surface area contributed by atoms with E-state index in [2.05, 4.69) is 62.4 Å². The maximum atomic E-state index is 8.40. The minimum atomic E-state index is 0. The fourth-order valence-electron chi connectivity index (χ4n) is 2.40. The van der Waals surface area contributed by atoms with Crippen LogP contribution in [-0.2, 0) is 21.7 Å². The molecule has 0 saturated heterocycles. The van der Waals surface area contributed by atoms with Crippen molar-refractivity contribution in [2.45, 2.75) is 41.0 Å². The summed E-state index contributed by atoms with van der Waals surface area (Å²) in [7, 11) is 0. The van der Waals surface area contributed by atoms with Gasteiger partial charge in [0.25, 0.3) is 0 Å². The first kappa shape index (κ1) is 27.7. The number of allylic oxidation sites excluding steroid dienone is 4. The first-order valence-corrected chi connectivity index (χ1v) is 8.21. The predicted molar refractivity (Wildman–Crippen MR) is 100 cm³/mol. The second-order valence-corrected chi connectivity index (χ2v) is 7.37. The van der Waals surface area contributed by atoms with Crippen LogP contribution in [-0.4, -0.2) is 11.7 Å². The number of aliphatic hydroxyl groups excluding tert-OH is 1. The summed E-state index contributed by atoms with van der Waals surface area (Å²) in [5.74, 6) is 0. The van der Waals surface area contributed by atoms with E-state index in [0.717, 1.165) is 6.42 Å². The molecule has 0 unspecified atom stereocenters. The van der Waals surface area contributed by atoms with Crippen molar-refractivity contribution in [2.24, 2.45) is 5.41 Å². The Labute approximate surface area is 185 Å². The maximum absolute atomic E-state index is 8.40. The standard InChI is InChI=1S/C17H15.C5H12O.2ClH.Ti/c1-12-7-10-17(13(12)2)16-9-8-14-5-3-4-6-15(14)11-16;1-5(2,3)4-6;;;/h3-9H,10H2,1-2H3;6H,4H2,1-3H3;2*1H;/q-1;;;;+3/p-2. The summed E-state index contributed by atoms with van der Waals surface area (Å²) in [5.41, 5.74) is 5.58. The molecule has 1 aliphatic carbocycles. The van der Waals surface area contributed by atoms with E-state index < -0.39 is 0 Å². The van der Waals surface area contributed by atoms with Gasteiger partial charge in [-0.3, -0.25) is 0 Å². The topological polar surface area (TPSA) is 20.2 Å². The Hall–Kier alpha value is -0.566. The largest absolute Gasteiger partial charge is 3.00 e. The van der Waals surface area contributed by atoms with Gasteiger partial charge in [0.05, 0.1) is 0 Å². The fourth-order valence-corrected chi connectivity index (χ4v) is 2.40. The molecule has 1 radical (unpaired) electrons. The van der Waals surface area contributed by atoms with Crippen molar-refractivity contribution in [3.63, 3.8) is 0 Å². The molecule has 3 rings (SSSR count). The monoisotopic (exact) mass is 425 g/mol. The summed E-state index contributed by atoms with van der Waals surface area (Å²) in [6.45, 7) is 10.6. The summed E-state index contributed by atoms with van der Waals surface area (Å²) in [6, 6.07) is 16.3. The first-order chi connectivity index (χ1) is 10.8. The molecule has 2 aromatic rings. The van der Waals surface area contributed by atoms with E-state index in [9.17, 15) is 0 Å². The van der Waals surface area contributed by atoms with Crippen LogP contribution in [0.1, 0.15) is 46.6 Å². The van der Waals surface area contributed by atoms with Crippen molar-refractivity contribution in [3.05, 3.63) is 65.3 Å². The molecule has 0 heterocycles. The predicted octanol–water partition coefficient (Wildman–Crippen LogP) is -0.206. The van der Waals surface area contributed by atoms with Crippen LogP contribution < -0.4 is 24.8 Å².